The molecule has 1 aliphatic heterocycles. The Morgan fingerprint density at radius 2 is 1.45 bits per heavy atom. The number of piperazine rings is 1. The fourth-order valence-corrected chi connectivity index (χ4v) is 5.58. The predicted molar refractivity (Wildman–Crippen MR) is 156 cm³/mol. The molecule has 0 radical (unpaired) electrons. The van der Waals surface area contributed by atoms with Gasteiger partial charge in [0.1, 0.15) is 11.0 Å². The number of halogens is 1. The predicted octanol–water partition coefficient (Wildman–Crippen LogP) is 5.76. The topological polar surface area (TPSA) is 61.4 Å². The monoisotopic (exact) mass is 543 g/mol. The van der Waals surface area contributed by atoms with E-state index in [-0.39, 0.29) is 17.7 Å². The van der Waals surface area contributed by atoms with E-state index in [9.17, 15) is 4.79 Å². The maximum absolute atomic E-state index is 13.0. The van der Waals surface area contributed by atoms with Gasteiger partial charge in [0.2, 0.25) is 5.91 Å². The highest BCUT2D eigenvalue weighted by atomic mass is 35.5. The minimum Gasteiger partial charge on any atom is -0.368 e. The summed E-state index contributed by atoms with van der Waals surface area (Å²) in [6, 6.07) is 30.0. The second-order valence-electron chi connectivity index (χ2n) is 9.20. The number of thioether (sulfide) groups is 1. The lowest BCUT2D eigenvalue weighted by atomic mass is 9.99. The van der Waals surface area contributed by atoms with Crippen LogP contribution in [-0.2, 0) is 4.79 Å². The van der Waals surface area contributed by atoms with Crippen LogP contribution in [0, 0.1) is 6.92 Å². The molecule has 0 spiro atoms. The van der Waals surface area contributed by atoms with Gasteiger partial charge in [0, 0.05) is 37.9 Å². The first-order chi connectivity index (χ1) is 18.6. The number of aromatic nitrogens is 2. The Bertz CT molecular complexity index is 1320. The molecule has 0 atom stereocenters. The molecule has 6 nitrogen and oxygen atoms in total. The van der Waals surface area contributed by atoms with Crippen LogP contribution in [-0.4, -0.2) is 47.8 Å². The zero-order valence-corrected chi connectivity index (χ0v) is 22.8. The van der Waals surface area contributed by atoms with E-state index in [0.717, 1.165) is 43.1 Å². The molecule has 0 unspecified atom stereocenters. The Hall–Kier alpha value is -3.55. The van der Waals surface area contributed by atoms with Crippen molar-refractivity contribution in [3.05, 3.63) is 113 Å². The first-order valence-corrected chi connectivity index (χ1v) is 14.1. The average Bonchev–Trinajstić information content (AvgIpc) is 2.96. The molecule has 0 bridgehead atoms. The van der Waals surface area contributed by atoms with Crippen molar-refractivity contribution >= 4 is 40.8 Å². The molecule has 1 fully saturated rings. The van der Waals surface area contributed by atoms with E-state index < -0.39 is 0 Å². The lowest BCUT2D eigenvalue weighted by Crippen LogP contribution is -2.47. The third kappa shape index (κ3) is 6.47. The Labute approximate surface area is 233 Å². The van der Waals surface area contributed by atoms with Crippen LogP contribution in [0.25, 0.3) is 0 Å². The highest BCUT2D eigenvalue weighted by molar-refractivity contribution is 7.99. The molecule has 194 valence electrons. The Balaban J connectivity index is 1.22. The molecule has 1 aliphatic rings. The normalized spacial score (nSPS) is 13.6. The van der Waals surface area contributed by atoms with Gasteiger partial charge in [-0.1, -0.05) is 102 Å². The van der Waals surface area contributed by atoms with Gasteiger partial charge in [-0.3, -0.25) is 4.79 Å². The number of anilines is 2. The molecule has 1 N–H and O–H groups in total. The largest absolute Gasteiger partial charge is 0.368 e. The minimum absolute atomic E-state index is 0.0929. The summed E-state index contributed by atoms with van der Waals surface area (Å²) >= 11 is 7.67. The van der Waals surface area contributed by atoms with Gasteiger partial charge in [0.05, 0.1) is 11.8 Å². The molecular formula is C30H30ClN5OS. The second kappa shape index (κ2) is 12.3. The van der Waals surface area contributed by atoms with Gasteiger partial charge < -0.3 is 15.1 Å². The van der Waals surface area contributed by atoms with Crippen LogP contribution in [0.4, 0.5) is 11.5 Å². The number of hydrogen-bond acceptors (Lipinski definition) is 6. The van der Waals surface area contributed by atoms with E-state index in [1.807, 2.05) is 60.7 Å². The summed E-state index contributed by atoms with van der Waals surface area (Å²) in [7, 11) is 0. The number of carbonyl (C=O) groups excluding carboxylic acids is 1. The summed E-state index contributed by atoms with van der Waals surface area (Å²) in [6.07, 6.45) is 0. The zero-order valence-electron chi connectivity index (χ0n) is 21.3. The molecule has 4 aromatic rings. The van der Waals surface area contributed by atoms with Crippen LogP contribution in [0.1, 0.15) is 22.7 Å². The number of hydrogen-bond donors (Lipinski definition) is 1. The highest BCUT2D eigenvalue weighted by Gasteiger charge is 2.21. The second-order valence-corrected chi connectivity index (χ2v) is 10.5. The SMILES string of the molecule is Cc1ccccc1N1CCN(c2cc(Cl)nc(SCC(=O)NC(c3ccccc3)c3ccccc3)n2)CC1. The summed E-state index contributed by atoms with van der Waals surface area (Å²) in [6.45, 7) is 5.62. The summed E-state index contributed by atoms with van der Waals surface area (Å²) in [4.78, 5) is 26.7. The van der Waals surface area contributed by atoms with Crippen LogP contribution in [0.15, 0.2) is 96.2 Å². The first kappa shape index (κ1) is 26.1. The van der Waals surface area contributed by atoms with Crippen LogP contribution in [0.3, 0.4) is 0 Å². The fraction of sp³-hybridized carbons (Fsp3) is 0.233. The smallest absolute Gasteiger partial charge is 0.231 e. The van der Waals surface area contributed by atoms with Crippen molar-refractivity contribution in [2.45, 2.75) is 18.1 Å². The number of benzene rings is 3. The number of para-hydroxylation sites is 1. The van der Waals surface area contributed by atoms with Gasteiger partial charge in [0.25, 0.3) is 0 Å². The number of nitrogens with zero attached hydrogens (tertiary/aromatic N) is 4. The van der Waals surface area contributed by atoms with Crippen molar-refractivity contribution in [2.75, 3.05) is 41.7 Å². The van der Waals surface area contributed by atoms with Crippen LogP contribution < -0.4 is 15.1 Å². The molecule has 38 heavy (non-hydrogen) atoms. The molecule has 8 heteroatoms. The number of carbonyl (C=O) groups is 1. The third-order valence-corrected chi connectivity index (χ3v) is 7.67. The Kier molecular flexibility index (Phi) is 8.46. The van der Waals surface area contributed by atoms with Crippen molar-refractivity contribution in [3.63, 3.8) is 0 Å². The Morgan fingerprint density at radius 1 is 0.868 bits per heavy atom. The van der Waals surface area contributed by atoms with Crippen LogP contribution in [0.2, 0.25) is 5.15 Å². The number of amides is 1. The van der Waals surface area contributed by atoms with Gasteiger partial charge in [-0.2, -0.15) is 0 Å². The summed E-state index contributed by atoms with van der Waals surface area (Å²) < 4.78 is 0. The maximum Gasteiger partial charge on any atom is 0.231 e. The number of rotatable bonds is 8. The van der Waals surface area contributed by atoms with Crippen molar-refractivity contribution < 1.29 is 4.79 Å². The molecular weight excluding hydrogens is 514 g/mol. The van der Waals surface area contributed by atoms with Crippen molar-refractivity contribution in [1.29, 1.82) is 0 Å². The van der Waals surface area contributed by atoms with Gasteiger partial charge in [0.15, 0.2) is 5.16 Å². The van der Waals surface area contributed by atoms with Crippen molar-refractivity contribution in [1.82, 2.24) is 15.3 Å². The number of aryl methyl sites for hydroxylation is 1. The molecule has 1 saturated heterocycles. The quantitative estimate of drug-likeness (QED) is 0.173. The van der Waals surface area contributed by atoms with Gasteiger partial charge in [-0.15, -0.1) is 0 Å². The van der Waals surface area contributed by atoms with Crippen molar-refractivity contribution in [2.24, 2.45) is 0 Å². The van der Waals surface area contributed by atoms with E-state index >= 15 is 0 Å². The molecule has 0 saturated carbocycles. The van der Waals surface area contributed by atoms with E-state index in [1.165, 1.54) is 23.0 Å². The minimum atomic E-state index is -0.231. The summed E-state index contributed by atoms with van der Waals surface area (Å²) in [5.41, 5.74) is 4.62. The number of nitrogens with one attached hydrogen (secondary N) is 1. The van der Waals surface area contributed by atoms with Gasteiger partial charge in [-0.05, 0) is 29.7 Å². The fourth-order valence-electron chi connectivity index (χ4n) is 4.69. The van der Waals surface area contributed by atoms with Gasteiger partial charge >= 0.3 is 0 Å². The summed E-state index contributed by atoms with van der Waals surface area (Å²) in [5, 5.41) is 4.05. The molecule has 2 heterocycles. The molecule has 5 rings (SSSR count). The summed E-state index contributed by atoms with van der Waals surface area (Å²) in [5.74, 6) is 0.894. The molecule has 0 aliphatic carbocycles. The molecule has 1 amide bonds. The van der Waals surface area contributed by atoms with E-state index in [0.29, 0.717) is 10.3 Å². The van der Waals surface area contributed by atoms with Crippen LogP contribution >= 0.6 is 23.4 Å². The first-order valence-electron chi connectivity index (χ1n) is 12.7. The van der Waals surface area contributed by atoms with Gasteiger partial charge in [-0.25, -0.2) is 9.97 Å². The van der Waals surface area contributed by atoms with Crippen LogP contribution in [0.5, 0.6) is 0 Å². The lowest BCUT2D eigenvalue weighted by Gasteiger charge is -2.37. The average molecular weight is 544 g/mol. The zero-order chi connectivity index (χ0) is 26.3. The van der Waals surface area contributed by atoms with E-state index in [4.69, 9.17) is 16.6 Å². The van der Waals surface area contributed by atoms with E-state index in [1.54, 1.807) is 6.07 Å². The maximum atomic E-state index is 13.0. The Morgan fingerprint density at radius 3 is 2.08 bits per heavy atom. The van der Waals surface area contributed by atoms with E-state index in [2.05, 4.69) is 51.3 Å². The third-order valence-electron chi connectivity index (χ3n) is 6.62. The van der Waals surface area contributed by atoms with Crippen molar-refractivity contribution in [3.8, 4) is 0 Å². The highest BCUT2D eigenvalue weighted by Crippen LogP contribution is 2.26. The molecule has 1 aromatic heterocycles. The lowest BCUT2D eigenvalue weighted by molar-refractivity contribution is -0.119. The molecule has 3 aromatic carbocycles. The standard InChI is InChI=1S/C30H30ClN5OS/c1-22-10-8-9-15-25(22)35-16-18-36(19-17-35)27-20-26(31)32-30(33-27)38-21-28(37)34-29(23-11-4-2-5-12-23)24-13-6-3-7-14-24/h2-15,20,29H,16-19,21H2,1H3,(H,34,37).